The van der Waals surface area contributed by atoms with Gasteiger partial charge in [-0.3, -0.25) is 4.79 Å². The van der Waals surface area contributed by atoms with Crippen molar-refractivity contribution in [2.75, 3.05) is 25.5 Å². The second-order valence-corrected chi connectivity index (χ2v) is 6.04. The predicted molar refractivity (Wildman–Crippen MR) is 98.7 cm³/mol. The van der Waals surface area contributed by atoms with Crippen LogP contribution in [0.2, 0.25) is 0 Å². The minimum absolute atomic E-state index is 0.00192. The molecule has 0 unspecified atom stereocenters. The summed E-state index contributed by atoms with van der Waals surface area (Å²) < 4.78 is 5.13. The Labute approximate surface area is 144 Å². The number of amides is 1. The van der Waals surface area contributed by atoms with Crippen molar-refractivity contribution in [2.24, 2.45) is 0 Å². The van der Waals surface area contributed by atoms with E-state index in [-0.39, 0.29) is 12.5 Å². The number of methoxy groups -OCH3 is 1. The van der Waals surface area contributed by atoms with Gasteiger partial charge in [-0.2, -0.15) is 0 Å². The molecule has 2 aromatic rings. The summed E-state index contributed by atoms with van der Waals surface area (Å²) in [7, 11) is 1.65. The van der Waals surface area contributed by atoms with Crippen LogP contribution in [0.15, 0.2) is 48.5 Å². The van der Waals surface area contributed by atoms with E-state index >= 15 is 0 Å². The third-order valence-corrected chi connectivity index (χ3v) is 3.92. The molecule has 1 amide bonds. The minimum Gasteiger partial charge on any atom is -0.497 e. The maximum absolute atomic E-state index is 12.0. The van der Waals surface area contributed by atoms with Crippen molar-refractivity contribution >= 4 is 11.6 Å². The molecule has 0 aliphatic heterocycles. The molecule has 0 spiro atoms. The molecule has 0 atom stereocenters. The molecule has 0 heterocycles. The van der Waals surface area contributed by atoms with E-state index in [2.05, 4.69) is 30.5 Å². The van der Waals surface area contributed by atoms with E-state index in [1.165, 1.54) is 11.1 Å². The summed E-state index contributed by atoms with van der Waals surface area (Å²) in [5.41, 5.74) is 3.43. The number of ether oxygens (including phenoxy) is 1. The normalized spacial score (nSPS) is 10.5. The first-order valence-corrected chi connectivity index (χ1v) is 8.32. The second kappa shape index (κ2) is 8.96. The highest BCUT2D eigenvalue weighted by Crippen LogP contribution is 2.23. The van der Waals surface area contributed by atoms with Crippen LogP contribution in [0, 0.1) is 0 Å². The Morgan fingerprint density at radius 2 is 1.79 bits per heavy atom. The molecule has 0 saturated carbocycles. The van der Waals surface area contributed by atoms with E-state index in [9.17, 15) is 4.79 Å². The van der Waals surface area contributed by atoms with Crippen LogP contribution in [0.25, 0.3) is 0 Å². The van der Waals surface area contributed by atoms with Crippen LogP contribution in [0.5, 0.6) is 5.75 Å². The van der Waals surface area contributed by atoms with Gasteiger partial charge in [0.05, 0.1) is 13.7 Å². The van der Waals surface area contributed by atoms with Gasteiger partial charge >= 0.3 is 0 Å². The summed E-state index contributed by atoms with van der Waals surface area (Å²) in [6.45, 7) is 5.20. The molecule has 4 heteroatoms. The van der Waals surface area contributed by atoms with Crippen molar-refractivity contribution in [3.8, 4) is 5.75 Å². The lowest BCUT2D eigenvalue weighted by atomic mass is 10.0. The Kier molecular flexibility index (Phi) is 6.67. The highest BCUT2D eigenvalue weighted by atomic mass is 16.5. The number of anilines is 1. The van der Waals surface area contributed by atoms with Crippen molar-refractivity contribution in [3.05, 3.63) is 59.7 Å². The first-order valence-electron chi connectivity index (χ1n) is 8.32. The fraction of sp³-hybridized carbons (Fsp3) is 0.350. The molecule has 0 fully saturated rings. The number of hydrogen-bond donors (Lipinski definition) is 2. The van der Waals surface area contributed by atoms with Crippen LogP contribution in [0.1, 0.15) is 30.9 Å². The van der Waals surface area contributed by atoms with Crippen molar-refractivity contribution in [3.63, 3.8) is 0 Å². The zero-order valence-corrected chi connectivity index (χ0v) is 14.6. The quantitative estimate of drug-likeness (QED) is 0.779. The average Bonchev–Trinajstić information content (AvgIpc) is 2.60. The highest BCUT2D eigenvalue weighted by molar-refractivity contribution is 5.81. The van der Waals surface area contributed by atoms with Gasteiger partial charge in [-0.1, -0.05) is 44.2 Å². The van der Waals surface area contributed by atoms with E-state index in [1.807, 2.05) is 42.5 Å². The topological polar surface area (TPSA) is 50.4 Å². The molecule has 0 aliphatic rings. The van der Waals surface area contributed by atoms with Crippen LogP contribution in [-0.4, -0.2) is 26.1 Å². The molecule has 2 rings (SSSR count). The lowest BCUT2D eigenvalue weighted by Gasteiger charge is -2.14. The van der Waals surface area contributed by atoms with Gasteiger partial charge in [0, 0.05) is 12.2 Å². The Bertz CT molecular complexity index is 651. The molecule has 2 aromatic carbocycles. The number of para-hydroxylation sites is 1. The first kappa shape index (κ1) is 17.9. The Hall–Kier alpha value is -2.49. The van der Waals surface area contributed by atoms with Gasteiger partial charge in [0.2, 0.25) is 5.91 Å². The molecule has 0 bridgehead atoms. The van der Waals surface area contributed by atoms with Crippen LogP contribution in [0.4, 0.5) is 5.69 Å². The van der Waals surface area contributed by atoms with Crippen molar-refractivity contribution in [2.45, 2.75) is 26.2 Å². The Morgan fingerprint density at radius 1 is 1.08 bits per heavy atom. The van der Waals surface area contributed by atoms with E-state index in [1.54, 1.807) is 7.11 Å². The van der Waals surface area contributed by atoms with Gasteiger partial charge < -0.3 is 15.4 Å². The minimum atomic E-state index is 0.00192. The van der Waals surface area contributed by atoms with Gasteiger partial charge in [0.1, 0.15) is 5.75 Å². The zero-order chi connectivity index (χ0) is 17.4. The molecule has 2 N–H and O–H groups in total. The average molecular weight is 326 g/mol. The maximum atomic E-state index is 12.0. The number of carbonyl (C=O) groups excluding carboxylic acids is 1. The fourth-order valence-corrected chi connectivity index (χ4v) is 2.54. The van der Waals surface area contributed by atoms with E-state index in [4.69, 9.17) is 4.74 Å². The van der Waals surface area contributed by atoms with E-state index < -0.39 is 0 Å². The Balaban J connectivity index is 1.75. The number of benzene rings is 2. The molecule has 0 saturated heterocycles. The monoisotopic (exact) mass is 326 g/mol. The van der Waals surface area contributed by atoms with Gasteiger partial charge in [-0.25, -0.2) is 0 Å². The third kappa shape index (κ3) is 5.30. The van der Waals surface area contributed by atoms with Gasteiger partial charge in [-0.05, 0) is 41.7 Å². The summed E-state index contributed by atoms with van der Waals surface area (Å²) in [6.07, 6.45) is 0.804. The molecule has 24 heavy (non-hydrogen) atoms. The van der Waals surface area contributed by atoms with Crippen molar-refractivity contribution < 1.29 is 9.53 Å². The highest BCUT2D eigenvalue weighted by Gasteiger charge is 2.07. The predicted octanol–water partition coefficient (Wildman–Crippen LogP) is 3.59. The summed E-state index contributed by atoms with van der Waals surface area (Å²) in [6, 6.07) is 16.0. The van der Waals surface area contributed by atoms with Crippen LogP contribution >= 0.6 is 0 Å². The van der Waals surface area contributed by atoms with Crippen LogP contribution < -0.4 is 15.4 Å². The summed E-state index contributed by atoms with van der Waals surface area (Å²) in [5, 5.41) is 6.18. The maximum Gasteiger partial charge on any atom is 0.239 e. The van der Waals surface area contributed by atoms with Gasteiger partial charge in [-0.15, -0.1) is 0 Å². The summed E-state index contributed by atoms with van der Waals surface area (Å²) >= 11 is 0. The van der Waals surface area contributed by atoms with E-state index in [0.717, 1.165) is 17.9 Å². The second-order valence-electron chi connectivity index (χ2n) is 6.04. The van der Waals surface area contributed by atoms with Crippen LogP contribution in [-0.2, 0) is 11.2 Å². The largest absolute Gasteiger partial charge is 0.497 e. The molecular weight excluding hydrogens is 300 g/mol. The SMILES string of the molecule is COc1ccc(CCNC(=O)CNc2ccccc2C(C)C)cc1. The van der Waals surface area contributed by atoms with Crippen LogP contribution in [0.3, 0.4) is 0 Å². The Morgan fingerprint density at radius 3 is 2.46 bits per heavy atom. The van der Waals surface area contributed by atoms with E-state index in [0.29, 0.717) is 12.5 Å². The lowest BCUT2D eigenvalue weighted by Crippen LogP contribution is -2.31. The number of hydrogen-bond acceptors (Lipinski definition) is 3. The number of carbonyl (C=O) groups is 1. The smallest absolute Gasteiger partial charge is 0.239 e. The standard InChI is InChI=1S/C20H26N2O2/c1-15(2)18-6-4-5-7-19(18)22-14-20(23)21-13-12-16-8-10-17(24-3)11-9-16/h4-11,15,22H,12-14H2,1-3H3,(H,21,23). The lowest BCUT2D eigenvalue weighted by molar-refractivity contribution is -0.119. The molecular formula is C20H26N2O2. The summed E-state index contributed by atoms with van der Waals surface area (Å²) in [4.78, 5) is 12.0. The number of nitrogens with one attached hydrogen (secondary N) is 2. The number of rotatable bonds is 8. The fourth-order valence-electron chi connectivity index (χ4n) is 2.54. The van der Waals surface area contributed by atoms with Crippen molar-refractivity contribution in [1.82, 2.24) is 5.32 Å². The molecule has 0 aromatic heterocycles. The molecule has 0 radical (unpaired) electrons. The third-order valence-electron chi connectivity index (χ3n) is 3.92. The molecule has 128 valence electrons. The molecule has 0 aliphatic carbocycles. The zero-order valence-electron chi connectivity index (χ0n) is 14.6. The summed E-state index contributed by atoms with van der Waals surface area (Å²) in [5.74, 6) is 1.27. The van der Waals surface area contributed by atoms with Gasteiger partial charge in [0.25, 0.3) is 0 Å². The first-order chi connectivity index (χ1) is 11.6. The van der Waals surface area contributed by atoms with Gasteiger partial charge in [0.15, 0.2) is 0 Å². The molecule has 4 nitrogen and oxygen atoms in total. The van der Waals surface area contributed by atoms with Crippen molar-refractivity contribution in [1.29, 1.82) is 0 Å².